The van der Waals surface area contributed by atoms with Crippen LogP contribution >= 0.6 is 0 Å². The number of nitrogens with zero attached hydrogens (tertiary/aromatic N) is 2. The topological polar surface area (TPSA) is 35.9 Å². The smallest absolute Gasteiger partial charge is 0.255 e. The summed E-state index contributed by atoms with van der Waals surface area (Å²) in [4.78, 5) is 17.0. The van der Waals surface area contributed by atoms with Crippen LogP contribution in [-0.4, -0.2) is 40.9 Å². The minimum Gasteiger partial charge on any atom is -0.255 e. The van der Waals surface area contributed by atoms with E-state index < -0.39 is 43.1 Å². The van der Waals surface area contributed by atoms with Gasteiger partial charge in [0.1, 0.15) is 0 Å². The molecule has 2 heterocycles. The molecule has 2 fully saturated rings. The number of hydrogen-bond acceptors (Lipinski definition) is 2. The molecule has 5 unspecified atom stereocenters. The molecule has 0 saturated carbocycles. The molecule has 3 rings (SSSR count). The largest absolute Gasteiger partial charge is 0.351 e. The van der Waals surface area contributed by atoms with Crippen LogP contribution in [0.3, 0.4) is 0 Å². The van der Waals surface area contributed by atoms with E-state index in [-0.39, 0.29) is 4.90 Å². The highest BCUT2D eigenvalue weighted by Gasteiger charge is 2.56. The van der Waals surface area contributed by atoms with Crippen LogP contribution in [0.2, 0.25) is 0 Å². The fourth-order valence-electron chi connectivity index (χ4n) is 2.48. The molecule has 22 heavy (non-hydrogen) atoms. The summed E-state index contributed by atoms with van der Waals surface area (Å²) in [5.74, 6) is -1.46. The number of likely N-dealkylation sites (tertiary alicyclic amines) is 1. The highest BCUT2D eigenvalue weighted by Crippen LogP contribution is 2.41. The Kier molecular flexibility index (Phi) is 3.72. The number of halogens is 4. The lowest BCUT2D eigenvalue weighted by Gasteiger charge is -2.40. The van der Waals surface area contributed by atoms with Gasteiger partial charge in [0.2, 0.25) is 18.8 Å². The van der Waals surface area contributed by atoms with Crippen molar-refractivity contribution in [1.82, 2.24) is 9.96 Å². The van der Waals surface area contributed by atoms with E-state index in [0.717, 1.165) is 6.92 Å². The van der Waals surface area contributed by atoms with Crippen LogP contribution in [0.25, 0.3) is 0 Å². The van der Waals surface area contributed by atoms with Crippen molar-refractivity contribution in [3.8, 4) is 0 Å². The van der Waals surface area contributed by atoms with E-state index in [2.05, 4.69) is 0 Å². The zero-order valence-corrected chi connectivity index (χ0v) is 11.6. The second-order valence-electron chi connectivity index (χ2n) is 5.38. The molecule has 0 aromatic heterocycles. The molecule has 1 aromatic carbocycles. The summed E-state index contributed by atoms with van der Waals surface area (Å²) in [5.41, 5.74) is 0.598. The molecule has 8 heteroatoms. The lowest BCUT2D eigenvalue weighted by Crippen LogP contribution is -2.60. The van der Waals surface area contributed by atoms with Gasteiger partial charge in [0.15, 0.2) is 12.3 Å². The Balaban J connectivity index is 1.75. The van der Waals surface area contributed by atoms with E-state index in [1.54, 1.807) is 30.3 Å². The van der Waals surface area contributed by atoms with E-state index >= 15 is 0 Å². The Hall–Kier alpha value is -1.83. The molecule has 0 spiro atoms. The number of benzene rings is 1. The van der Waals surface area contributed by atoms with Gasteiger partial charge in [-0.2, -0.15) is 5.06 Å². The molecular weight excluding hydrogens is 304 g/mol. The van der Waals surface area contributed by atoms with Gasteiger partial charge in [0, 0.05) is 11.5 Å². The number of urea groups is 1. The van der Waals surface area contributed by atoms with Crippen LogP contribution in [0.4, 0.5) is 22.4 Å². The molecule has 2 amide bonds. The zero-order chi connectivity index (χ0) is 16.0. The van der Waals surface area contributed by atoms with Crippen molar-refractivity contribution in [2.45, 2.75) is 38.1 Å². The summed E-state index contributed by atoms with van der Waals surface area (Å²) in [6.45, 7) is 1.07. The number of rotatable bonds is 1. The maximum atomic E-state index is 13.9. The van der Waals surface area contributed by atoms with E-state index in [4.69, 9.17) is 4.84 Å². The Labute approximate surface area is 124 Å². The Morgan fingerprint density at radius 1 is 1.05 bits per heavy atom. The van der Waals surface area contributed by atoms with Gasteiger partial charge in [-0.05, 0) is 0 Å². The zero-order valence-electron chi connectivity index (χ0n) is 11.6. The number of alkyl halides is 4. The number of hydrogen-bond donors (Lipinski definition) is 0. The summed E-state index contributed by atoms with van der Waals surface area (Å²) in [7, 11) is 0. The van der Waals surface area contributed by atoms with Crippen LogP contribution in [0.15, 0.2) is 30.3 Å². The van der Waals surface area contributed by atoms with Crippen molar-refractivity contribution in [1.29, 1.82) is 0 Å². The first-order valence-electron chi connectivity index (χ1n) is 6.83. The normalized spacial score (nSPS) is 38.0. The predicted octanol–water partition coefficient (Wildman–Crippen LogP) is 3.27. The minimum atomic E-state index is -2.55. The van der Waals surface area contributed by atoms with Crippen molar-refractivity contribution in [2.24, 2.45) is 5.92 Å². The van der Waals surface area contributed by atoms with E-state index in [0.29, 0.717) is 10.6 Å². The van der Waals surface area contributed by atoms with Crippen molar-refractivity contribution in [3.63, 3.8) is 0 Å². The molecule has 0 aliphatic carbocycles. The number of hydroxylamine groups is 2. The molecule has 0 N–H and O–H groups in total. The molecule has 0 bridgehead atoms. The summed E-state index contributed by atoms with van der Waals surface area (Å²) >= 11 is 0. The number of amides is 2. The maximum Gasteiger partial charge on any atom is 0.351 e. The van der Waals surface area contributed by atoms with Gasteiger partial charge >= 0.3 is 6.03 Å². The Morgan fingerprint density at radius 2 is 1.59 bits per heavy atom. The fraction of sp³-hybridized carbons (Fsp3) is 0.500. The molecule has 0 radical (unpaired) electrons. The number of carbonyl (C=O) groups is 1. The quantitative estimate of drug-likeness (QED) is 0.453. The van der Waals surface area contributed by atoms with Crippen molar-refractivity contribution < 1.29 is 27.2 Å². The monoisotopic (exact) mass is 318 g/mol. The number of piperidine rings is 1. The minimum absolute atomic E-state index is 0.0712. The van der Waals surface area contributed by atoms with Crippen LogP contribution in [-0.2, 0) is 4.84 Å². The summed E-state index contributed by atoms with van der Waals surface area (Å²) in [6.07, 6.45) is -10.5. The third-order valence-corrected chi connectivity index (χ3v) is 3.94. The number of carbonyl (C=O) groups excluding carboxylic acids is 1. The lowest BCUT2D eigenvalue weighted by atomic mass is 9.93. The van der Waals surface area contributed by atoms with Gasteiger partial charge in [-0.1, -0.05) is 37.3 Å². The van der Waals surface area contributed by atoms with Gasteiger partial charge in [0.05, 0.1) is 0 Å². The highest BCUT2D eigenvalue weighted by molar-refractivity contribution is 5.76. The SMILES string of the molecule is CC1C(F)C(F)N(C(=O)N2OC2c2ccccc2)C(F)C1F. The van der Waals surface area contributed by atoms with E-state index in [1.807, 2.05) is 0 Å². The molecule has 2 aliphatic heterocycles. The first-order valence-corrected chi connectivity index (χ1v) is 6.83. The standard InChI is InChI=1S/C14H14F4N2O2/c1-7-9(15)11(17)19(12(18)10(7)16)14(21)20-13(22-20)8-5-3-2-4-6-8/h2-7,9-13H,1H3. The molecule has 120 valence electrons. The van der Waals surface area contributed by atoms with Crippen LogP contribution in [0.5, 0.6) is 0 Å². The van der Waals surface area contributed by atoms with Gasteiger partial charge in [-0.25, -0.2) is 27.2 Å². The third kappa shape index (κ3) is 2.31. The average molecular weight is 318 g/mol. The Morgan fingerprint density at radius 3 is 2.14 bits per heavy atom. The van der Waals surface area contributed by atoms with E-state index in [1.165, 1.54) is 0 Å². The highest BCUT2D eigenvalue weighted by atomic mass is 19.2. The first-order chi connectivity index (χ1) is 10.4. The second-order valence-corrected chi connectivity index (χ2v) is 5.38. The molecular formula is C14H14F4N2O2. The van der Waals surface area contributed by atoms with Gasteiger partial charge in [-0.3, -0.25) is 4.90 Å². The van der Waals surface area contributed by atoms with Gasteiger partial charge in [-0.15, -0.1) is 0 Å². The fourth-order valence-corrected chi connectivity index (χ4v) is 2.48. The van der Waals surface area contributed by atoms with Crippen molar-refractivity contribution in [3.05, 3.63) is 35.9 Å². The van der Waals surface area contributed by atoms with Crippen LogP contribution in [0, 0.1) is 5.92 Å². The molecule has 4 nitrogen and oxygen atoms in total. The maximum absolute atomic E-state index is 13.9. The molecule has 2 aliphatic rings. The van der Waals surface area contributed by atoms with Crippen molar-refractivity contribution >= 4 is 6.03 Å². The summed E-state index contributed by atoms with van der Waals surface area (Å²) in [6, 6.07) is 7.24. The van der Waals surface area contributed by atoms with E-state index in [9.17, 15) is 22.4 Å². The predicted molar refractivity (Wildman–Crippen MR) is 68.1 cm³/mol. The van der Waals surface area contributed by atoms with Crippen LogP contribution in [0.1, 0.15) is 18.7 Å². The van der Waals surface area contributed by atoms with Gasteiger partial charge < -0.3 is 0 Å². The lowest BCUT2D eigenvalue weighted by molar-refractivity contribution is -0.135. The van der Waals surface area contributed by atoms with Crippen molar-refractivity contribution in [2.75, 3.05) is 0 Å². The summed E-state index contributed by atoms with van der Waals surface area (Å²) < 4.78 is 55.2. The molecule has 5 atom stereocenters. The summed E-state index contributed by atoms with van der Waals surface area (Å²) in [5, 5.41) is 0.698. The molecule has 1 aromatic rings. The first kappa shape index (κ1) is 15.1. The second kappa shape index (κ2) is 5.42. The van der Waals surface area contributed by atoms with Crippen LogP contribution < -0.4 is 0 Å². The third-order valence-electron chi connectivity index (χ3n) is 3.94. The Bertz CT molecular complexity index is 545. The van der Waals surface area contributed by atoms with Gasteiger partial charge in [0.25, 0.3) is 0 Å². The molecule has 2 saturated heterocycles. The average Bonchev–Trinajstić information content (AvgIpc) is 3.32.